The number of hydrazine groups is 1. The van der Waals surface area contributed by atoms with Crippen molar-refractivity contribution in [2.24, 2.45) is 11.8 Å². The molecule has 5 aromatic rings. The van der Waals surface area contributed by atoms with Crippen molar-refractivity contribution in [1.82, 2.24) is 45.1 Å². The molecule has 0 aliphatic carbocycles. The molecule has 0 spiro atoms. The Bertz CT molecular complexity index is 2540. The van der Waals surface area contributed by atoms with Crippen LogP contribution in [-0.4, -0.2) is 102 Å². The van der Waals surface area contributed by atoms with Crippen LogP contribution in [0.2, 0.25) is 0 Å². The lowest BCUT2D eigenvalue weighted by molar-refractivity contribution is -0.146. The van der Waals surface area contributed by atoms with Gasteiger partial charge in [-0.2, -0.15) is 0 Å². The van der Waals surface area contributed by atoms with Gasteiger partial charge in [0.1, 0.15) is 36.0 Å². The molecule has 15 heteroatoms. The van der Waals surface area contributed by atoms with E-state index in [1.54, 1.807) is 30.3 Å². The van der Waals surface area contributed by atoms with Gasteiger partial charge in [0.2, 0.25) is 23.6 Å². The molecule has 4 atom stereocenters. The first-order valence-corrected chi connectivity index (χ1v) is 21.5. The van der Waals surface area contributed by atoms with Crippen molar-refractivity contribution in [1.29, 1.82) is 0 Å². The molecule has 324 valence electrons. The highest BCUT2D eigenvalue weighted by atomic mass is 16.4. The summed E-state index contributed by atoms with van der Waals surface area (Å²) >= 11 is 0. The molecule has 0 saturated carbocycles. The second-order valence-corrected chi connectivity index (χ2v) is 17.6. The molecule has 8 bridgehead atoms. The van der Waals surface area contributed by atoms with E-state index in [0.29, 0.717) is 56.1 Å². The summed E-state index contributed by atoms with van der Waals surface area (Å²) < 4.78 is 8.95. The van der Waals surface area contributed by atoms with Crippen molar-refractivity contribution in [3.05, 3.63) is 96.7 Å². The number of aryl methyl sites for hydroxylation is 1. The Morgan fingerprint density at radius 1 is 1.06 bits per heavy atom. The van der Waals surface area contributed by atoms with E-state index in [4.69, 9.17) is 9.40 Å². The van der Waals surface area contributed by atoms with Crippen LogP contribution in [0.25, 0.3) is 33.3 Å². The summed E-state index contributed by atoms with van der Waals surface area (Å²) in [6, 6.07) is 9.06. The monoisotopic (exact) mass is 841 g/mol. The van der Waals surface area contributed by atoms with Gasteiger partial charge in [0.05, 0.1) is 23.2 Å². The summed E-state index contributed by atoms with van der Waals surface area (Å²) in [7, 11) is 1.60. The highest BCUT2D eigenvalue weighted by Gasteiger charge is 2.41. The molecule has 2 unspecified atom stereocenters. The van der Waals surface area contributed by atoms with Gasteiger partial charge in [-0.3, -0.25) is 24.2 Å². The number of hydrogen-bond donors (Lipinski definition) is 3. The first-order chi connectivity index (χ1) is 29.7. The van der Waals surface area contributed by atoms with Crippen molar-refractivity contribution >= 4 is 34.5 Å². The maximum Gasteiger partial charge on any atom is 0.259 e. The molecule has 3 aromatic heterocycles. The highest BCUT2D eigenvalue weighted by Crippen LogP contribution is 2.46. The maximum absolute atomic E-state index is 14.8. The van der Waals surface area contributed by atoms with Crippen LogP contribution in [0.1, 0.15) is 82.7 Å². The number of likely N-dealkylation sites (N-methyl/N-ethyl adjacent to an activating group) is 1. The van der Waals surface area contributed by atoms with Gasteiger partial charge in [0, 0.05) is 68.5 Å². The number of nitrogens with zero attached hydrogens (tertiary/aromatic N) is 7. The lowest BCUT2D eigenvalue weighted by atomic mass is 9.79. The van der Waals surface area contributed by atoms with Gasteiger partial charge >= 0.3 is 0 Å². The average Bonchev–Trinajstić information content (AvgIpc) is 4.04. The minimum absolute atomic E-state index is 0.0119. The third-order valence-electron chi connectivity index (χ3n) is 12.8. The number of phenols is 1. The van der Waals surface area contributed by atoms with Crippen molar-refractivity contribution in [2.45, 2.75) is 90.4 Å². The van der Waals surface area contributed by atoms with Gasteiger partial charge in [-0.05, 0) is 98.5 Å². The lowest BCUT2D eigenvalue weighted by Crippen LogP contribution is -2.60. The number of nitrogens with one attached hydrogen (secondary N) is 2. The largest absolute Gasteiger partial charge is 0.508 e. The zero-order valence-electron chi connectivity index (χ0n) is 36.2. The standard InChI is InChI=1S/C47H55N9O6/c1-8-39(58)54-16-14-30(25-54)45(60)53(7)41(27(3)4)43(59)51-36-19-28-17-31(20-33(57)18-28)29-12-13-37-34(21-29)40(42(55(37)9-2)32-22-48-26-49-23-32)47(5,6)38-24-50-44(62-38)35-11-10-15-56(52-35)46(36)61/h8,12-13,17-18,20-24,26-27,30,35-36,41,52,57H,1,9-11,14-16,19,25H2,2-7H3,(H,51,59)/t30?,35-,36-,41?/m0/s1. The van der Waals surface area contributed by atoms with E-state index in [0.717, 1.165) is 38.9 Å². The van der Waals surface area contributed by atoms with Crippen LogP contribution in [0, 0.1) is 11.8 Å². The minimum atomic E-state index is -1.08. The molecule has 4 amide bonds. The zero-order chi connectivity index (χ0) is 44.0. The first-order valence-electron chi connectivity index (χ1n) is 21.5. The number of fused-ring (bicyclic) bond motifs is 9. The Kier molecular flexibility index (Phi) is 11.5. The number of benzene rings is 2. The first kappa shape index (κ1) is 42.3. The molecule has 3 aliphatic heterocycles. The second kappa shape index (κ2) is 16.8. The van der Waals surface area contributed by atoms with E-state index >= 15 is 0 Å². The predicted octanol–water partition coefficient (Wildman–Crippen LogP) is 5.53. The van der Waals surface area contributed by atoms with Crippen molar-refractivity contribution in [3.8, 4) is 28.1 Å². The van der Waals surface area contributed by atoms with Gasteiger partial charge in [0.15, 0.2) is 0 Å². The normalized spacial score (nSPS) is 20.3. The number of oxazole rings is 1. The Hall–Kier alpha value is -6.35. The maximum atomic E-state index is 14.8. The lowest BCUT2D eigenvalue weighted by Gasteiger charge is -2.36. The third-order valence-corrected chi connectivity index (χ3v) is 12.8. The van der Waals surface area contributed by atoms with E-state index in [-0.39, 0.29) is 42.4 Å². The van der Waals surface area contributed by atoms with Crippen LogP contribution >= 0.6 is 0 Å². The molecule has 62 heavy (non-hydrogen) atoms. The fraction of sp³-hybridized carbons (Fsp3) is 0.426. The molecule has 15 nitrogen and oxygen atoms in total. The number of aromatic hydroxyl groups is 1. The number of carbonyl (C=O) groups excluding carboxylic acids is 4. The Labute approximate surface area is 361 Å². The second-order valence-electron chi connectivity index (χ2n) is 17.6. The SMILES string of the molecule is C=CC(=O)N1CCC(C(=O)N(C)C(C(=O)N[C@H]2Cc3cc(O)cc(c3)-c3ccc4c(c3)c(c(-c3cncnc3)n4CC)C(C)(C)c3cnc(o3)[C@@H]3CCCN(N3)C2=O)C(C)C)C1. The number of carbonyl (C=O) groups is 4. The van der Waals surface area contributed by atoms with E-state index < -0.39 is 35.4 Å². The van der Waals surface area contributed by atoms with Gasteiger partial charge in [-0.15, -0.1) is 0 Å². The minimum Gasteiger partial charge on any atom is -0.508 e. The van der Waals surface area contributed by atoms with Crippen LogP contribution in [-0.2, 0) is 37.6 Å². The van der Waals surface area contributed by atoms with E-state index in [9.17, 15) is 24.3 Å². The van der Waals surface area contributed by atoms with Crippen LogP contribution < -0.4 is 10.7 Å². The van der Waals surface area contributed by atoms with Crippen LogP contribution in [0.4, 0.5) is 0 Å². The summed E-state index contributed by atoms with van der Waals surface area (Å²) in [6.45, 7) is 15.3. The molecule has 2 aromatic carbocycles. The molecule has 6 heterocycles. The smallest absolute Gasteiger partial charge is 0.259 e. The summed E-state index contributed by atoms with van der Waals surface area (Å²) in [5.74, 6) is -1.03. The molecular formula is C47H55N9O6. The Balaban J connectivity index is 1.21. The Morgan fingerprint density at radius 3 is 2.56 bits per heavy atom. The van der Waals surface area contributed by atoms with Crippen LogP contribution in [0.15, 0.2) is 78.4 Å². The van der Waals surface area contributed by atoms with Gasteiger partial charge < -0.3 is 29.2 Å². The zero-order valence-corrected chi connectivity index (χ0v) is 36.2. The molecule has 2 fully saturated rings. The molecule has 2 saturated heterocycles. The van der Waals surface area contributed by atoms with Gasteiger partial charge in [-0.1, -0.05) is 32.6 Å². The van der Waals surface area contributed by atoms with Crippen molar-refractivity contribution in [2.75, 3.05) is 26.7 Å². The molecule has 3 N–H and O–H groups in total. The van der Waals surface area contributed by atoms with E-state index in [2.05, 4.69) is 64.8 Å². The number of rotatable bonds is 8. The number of phenolic OH excluding ortho intramolecular Hbond substituents is 1. The fourth-order valence-electron chi connectivity index (χ4n) is 9.68. The summed E-state index contributed by atoms with van der Waals surface area (Å²) in [5.41, 5.74) is 8.68. The molecule has 0 radical (unpaired) electrons. The summed E-state index contributed by atoms with van der Waals surface area (Å²) in [4.78, 5) is 72.0. The number of aromatic nitrogens is 4. The van der Waals surface area contributed by atoms with Crippen molar-refractivity contribution < 1.29 is 28.7 Å². The van der Waals surface area contributed by atoms with E-state index in [1.807, 2.05) is 38.4 Å². The quantitative estimate of drug-likeness (QED) is 0.168. The highest BCUT2D eigenvalue weighted by molar-refractivity contribution is 5.97. The molecular weight excluding hydrogens is 787 g/mol. The third kappa shape index (κ3) is 7.74. The fourth-order valence-corrected chi connectivity index (χ4v) is 9.68. The topological polar surface area (TPSA) is 179 Å². The van der Waals surface area contributed by atoms with E-state index in [1.165, 1.54) is 22.3 Å². The average molecular weight is 842 g/mol. The number of amides is 4. The predicted molar refractivity (Wildman–Crippen MR) is 233 cm³/mol. The Morgan fingerprint density at radius 2 is 1.84 bits per heavy atom. The van der Waals surface area contributed by atoms with Gasteiger partial charge in [0.25, 0.3) is 5.91 Å². The summed E-state index contributed by atoms with van der Waals surface area (Å²) in [5, 5.41) is 16.8. The number of hydrogen-bond acceptors (Lipinski definition) is 10. The van der Waals surface area contributed by atoms with Crippen LogP contribution in [0.5, 0.6) is 5.75 Å². The molecule has 8 rings (SSSR count). The summed E-state index contributed by atoms with van der Waals surface area (Å²) in [6.07, 6.45) is 9.98. The van der Waals surface area contributed by atoms with Crippen LogP contribution in [0.3, 0.4) is 0 Å². The van der Waals surface area contributed by atoms with Crippen molar-refractivity contribution in [3.63, 3.8) is 0 Å². The molecule has 3 aliphatic rings. The van der Waals surface area contributed by atoms with Gasteiger partial charge in [-0.25, -0.2) is 20.4 Å². The number of likely N-dealkylation sites (tertiary alicyclic amines) is 1.